The van der Waals surface area contributed by atoms with Crippen LogP contribution >= 0.6 is 0 Å². The van der Waals surface area contributed by atoms with Crippen LogP contribution < -0.4 is 11.1 Å². The van der Waals surface area contributed by atoms with Gasteiger partial charge in [0.25, 0.3) is 5.91 Å². The van der Waals surface area contributed by atoms with Gasteiger partial charge in [-0.3, -0.25) is 9.59 Å². The normalized spacial score (nSPS) is 12.8. The molecule has 0 fully saturated rings. The molecule has 0 bridgehead atoms. The minimum absolute atomic E-state index is 0.124. The second-order valence-electron chi connectivity index (χ2n) is 4.55. The van der Waals surface area contributed by atoms with Crippen molar-refractivity contribution < 1.29 is 18.0 Å². The lowest BCUT2D eigenvalue weighted by Crippen LogP contribution is -2.42. The number of sulfone groups is 1. The molecule has 7 heteroatoms. The molecule has 1 aromatic rings. The molecular formula is C13H18N2O4S. The zero-order chi connectivity index (χ0) is 15.5. The van der Waals surface area contributed by atoms with E-state index in [-0.39, 0.29) is 10.5 Å². The number of amides is 2. The number of primary amides is 1. The standard InChI is InChI=1S/C13H18N2O4S/c1-4-9-5-6-10(7-11(9)20(3,18)19)13(17)15-8(2)12(14)16/h5-8H,4H2,1-3H3,(H2,14,16)(H,15,17)/t8-/m0/s1. The third-order valence-electron chi connectivity index (χ3n) is 2.88. The van der Waals surface area contributed by atoms with E-state index in [0.717, 1.165) is 6.26 Å². The van der Waals surface area contributed by atoms with Crippen LogP contribution in [0.2, 0.25) is 0 Å². The maximum absolute atomic E-state index is 11.9. The van der Waals surface area contributed by atoms with Crippen LogP contribution in [0.25, 0.3) is 0 Å². The Balaban J connectivity index is 3.16. The molecule has 0 spiro atoms. The SMILES string of the molecule is CCc1ccc(C(=O)N[C@@H](C)C(N)=O)cc1S(C)(=O)=O. The number of benzene rings is 1. The molecule has 0 radical (unpaired) electrons. The Morgan fingerprint density at radius 2 is 1.95 bits per heavy atom. The van der Waals surface area contributed by atoms with Crippen molar-refractivity contribution >= 4 is 21.7 Å². The fourth-order valence-corrected chi connectivity index (χ4v) is 2.71. The molecule has 0 aliphatic heterocycles. The van der Waals surface area contributed by atoms with Crippen LogP contribution in [-0.2, 0) is 21.1 Å². The van der Waals surface area contributed by atoms with E-state index < -0.39 is 27.7 Å². The molecule has 0 aliphatic rings. The van der Waals surface area contributed by atoms with E-state index in [9.17, 15) is 18.0 Å². The molecule has 0 aromatic heterocycles. The number of carbonyl (C=O) groups is 2. The summed E-state index contributed by atoms with van der Waals surface area (Å²) in [5.74, 6) is -1.20. The van der Waals surface area contributed by atoms with Crippen molar-refractivity contribution in [2.24, 2.45) is 5.73 Å². The number of hydrogen-bond acceptors (Lipinski definition) is 4. The number of hydrogen-bond donors (Lipinski definition) is 2. The smallest absolute Gasteiger partial charge is 0.251 e. The van der Waals surface area contributed by atoms with E-state index >= 15 is 0 Å². The molecule has 0 saturated carbocycles. The average Bonchev–Trinajstić information content (AvgIpc) is 2.36. The lowest BCUT2D eigenvalue weighted by Gasteiger charge is -2.12. The number of carbonyl (C=O) groups excluding carboxylic acids is 2. The van der Waals surface area contributed by atoms with Gasteiger partial charge in [-0.05, 0) is 31.0 Å². The van der Waals surface area contributed by atoms with Crippen LogP contribution in [0.4, 0.5) is 0 Å². The summed E-state index contributed by atoms with van der Waals surface area (Å²) in [6.45, 7) is 3.29. The van der Waals surface area contributed by atoms with Crippen molar-refractivity contribution in [1.29, 1.82) is 0 Å². The van der Waals surface area contributed by atoms with Gasteiger partial charge in [0.1, 0.15) is 6.04 Å². The molecule has 0 heterocycles. The predicted octanol–water partition coefficient (Wildman–Crippen LogP) is 0.256. The van der Waals surface area contributed by atoms with E-state index in [0.29, 0.717) is 12.0 Å². The maximum Gasteiger partial charge on any atom is 0.251 e. The largest absolute Gasteiger partial charge is 0.368 e. The number of nitrogens with one attached hydrogen (secondary N) is 1. The van der Waals surface area contributed by atoms with E-state index in [4.69, 9.17) is 5.73 Å². The summed E-state index contributed by atoms with van der Waals surface area (Å²) < 4.78 is 23.4. The van der Waals surface area contributed by atoms with Gasteiger partial charge < -0.3 is 11.1 Å². The maximum atomic E-state index is 11.9. The van der Waals surface area contributed by atoms with Gasteiger partial charge in [0.2, 0.25) is 5.91 Å². The summed E-state index contributed by atoms with van der Waals surface area (Å²) in [5, 5.41) is 2.40. The minimum Gasteiger partial charge on any atom is -0.368 e. The van der Waals surface area contributed by atoms with Crippen LogP contribution in [0.1, 0.15) is 29.8 Å². The van der Waals surface area contributed by atoms with Crippen molar-refractivity contribution in [3.63, 3.8) is 0 Å². The Kier molecular flexibility index (Phi) is 4.88. The zero-order valence-corrected chi connectivity index (χ0v) is 12.5. The van der Waals surface area contributed by atoms with Gasteiger partial charge in [-0.1, -0.05) is 13.0 Å². The van der Waals surface area contributed by atoms with Gasteiger partial charge in [0, 0.05) is 11.8 Å². The Hall–Kier alpha value is -1.89. The van der Waals surface area contributed by atoms with E-state index in [1.54, 1.807) is 6.07 Å². The molecule has 2 amide bonds. The third-order valence-corrected chi connectivity index (χ3v) is 4.06. The number of aryl methyl sites for hydroxylation is 1. The van der Waals surface area contributed by atoms with Crippen molar-refractivity contribution in [3.05, 3.63) is 29.3 Å². The summed E-state index contributed by atoms with van der Waals surface area (Å²) in [6.07, 6.45) is 1.64. The highest BCUT2D eigenvalue weighted by atomic mass is 32.2. The molecule has 0 unspecified atom stereocenters. The molecule has 0 saturated heterocycles. The topological polar surface area (TPSA) is 106 Å². The average molecular weight is 298 g/mol. The van der Waals surface area contributed by atoms with Crippen LogP contribution in [-0.4, -0.2) is 32.5 Å². The fraction of sp³-hybridized carbons (Fsp3) is 0.385. The second kappa shape index (κ2) is 6.04. The first-order valence-electron chi connectivity index (χ1n) is 6.10. The van der Waals surface area contributed by atoms with E-state index in [1.165, 1.54) is 19.1 Å². The minimum atomic E-state index is -3.42. The Labute approximate surface area is 118 Å². The number of nitrogens with two attached hydrogens (primary N) is 1. The van der Waals surface area contributed by atoms with Gasteiger partial charge in [-0.25, -0.2) is 8.42 Å². The molecule has 6 nitrogen and oxygen atoms in total. The molecule has 20 heavy (non-hydrogen) atoms. The van der Waals surface area contributed by atoms with Gasteiger partial charge in [0.05, 0.1) is 4.90 Å². The van der Waals surface area contributed by atoms with Crippen molar-refractivity contribution in [2.75, 3.05) is 6.26 Å². The van der Waals surface area contributed by atoms with Crippen molar-refractivity contribution in [2.45, 2.75) is 31.2 Å². The highest BCUT2D eigenvalue weighted by Gasteiger charge is 2.18. The zero-order valence-electron chi connectivity index (χ0n) is 11.6. The quantitative estimate of drug-likeness (QED) is 0.813. The third kappa shape index (κ3) is 3.80. The Morgan fingerprint density at radius 3 is 2.40 bits per heavy atom. The fourth-order valence-electron chi connectivity index (χ4n) is 1.68. The predicted molar refractivity (Wildman–Crippen MR) is 75.1 cm³/mol. The molecule has 110 valence electrons. The lowest BCUT2D eigenvalue weighted by molar-refractivity contribution is -0.119. The molecule has 0 aliphatic carbocycles. The van der Waals surface area contributed by atoms with Crippen molar-refractivity contribution in [3.8, 4) is 0 Å². The highest BCUT2D eigenvalue weighted by Crippen LogP contribution is 2.18. The van der Waals surface area contributed by atoms with E-state index in [1.807, 2.05) is 6.92 Å². The Morgan fingerprint density at radius 1 is 1.35 bits per heavy atom. The van der Waals surface area contributed by atoms with Gasteiger partial charge in [-0.15, -0.1) is 0 Å². The summed E-state index contributed by atoms with van der Waals surface area (Å²) in [6, 6.07) is 3.61. The molecule has 3 N–H and O–H groups in total. The second-order valence-corrected chi connectivity index (χ2v) is 6.53. The lowest BCUT2D eigenvalue weighted by atomic mass is 10.1. The monoisotopic (exact) mass is 298 g/mol. The molecule has 1 atom stereocenters. The number of rotatable bonds is 5. The van der Waals surface area contributed by atoms with Gasteiger partial charge in [0.15, 0.2) is 9.84 Å². The van der Waals surface area contributed by atoms with Gasteiger partial charge in [-0.2, -0.15) is 0 Å². The van der Waals surface area contributed by atoms with Crippen LogP contribution in [0.5, 0.6) is 0 Å². The van der Waals surface area contributed by atoms with Crippen LogP contribution in [0, 0.1) is 0 Å². The highest BCUT2D eigenvalue weighted by molar-refractivity contribution is 7.90. The first kappa shape index (κ1) is 16.2. The van der Waals surface area contributed by atoms with Crippen LogP contribution in [0.15, 0.2) is 23.1 Å². The summed E-state index contributed by atoms with van der Waals surface area (Å²) in [4.78, 5) is 23.0. The molecule has 1 aromatic carbocycles. The van der Waals surface area contributed by atoms with Crippen molar-refractivity contribution in [1.82, 2.24) is 5.32 Å². The summed E-state index contributed by atoms with van der Waals surface area (Å²) >= 11 is 0. The Bertz CT molecular complexity index is 638. The van der Waals surface area contributed by atoms with Crippen LogP contribution in [0.3, 0.4) is 0 Å². The molecule has 1 rings (SSSR count). The summed E-state index contributed by atoms with van der Waals surface area (Å²) in [7, 11) is -3.42. The molecular weight excluding hydrogens is 280 g/mol. The first-order valence-corrected chi connectivity index (χ1v) is 7.99. The van der Waals surface area contributed by atoms with Gasteiger partial charge >= 0.3 is 0 Å². The first-order chi connectivity index (χ1) is 9.16. The summed E-state index contributed by atoms with van der Waals surface area (Å²) in [5.41, 5.74) is 5.88. The van der Waals surface area contributed by atoms with E-state index in [2.05, 4.69) is 5.32 Å².